The van der Waals surface area contributed by atoms with Crippen LogP contribution in [-0.2, 0) is 9.68 Å². The first-order valence-corrected chi connectivity index (χ1v) is 5.77. The Hall–Kier alpha value is -0.260. The van der Waals surface area contributed by atoms with Gasteiger partial charge in [-0.25, -0.2) is 4.79 Å². The summed E-state index contributed by atoms with van der Waals surface area (Å²) >= 11 is 0.952. The molecule has 86 valence electrons. The first-order chi connectivity index (χ1) is 6.72. The summed E-state index contributed by atoms with van der Waals surface area (Å²) in [5, 5.41) is 7.49. The molecule has 0 aromatic carbocycles. The summed E-state index contributed by atoms with van der Waals surface area (Å²) in [5.41, 5.74) is 0. The van der Waals surface area contributed by atoms with Gasteiger partial charge in [0.2, 0.25) is 0 Å². The van der Waals surface area contributed by atoms with Crippen molar-refractivity contribution in [1.82, 2.24) is 0 Å². The van der Waals surface area contributed by atoms with Gasteiger partial charge in [0.15, 0.2) is 0 Å². The van der Waals surface area contributed by atoms with Crippen molar-refractivity contribution in [3.8, 4) is 0 Å². The molecule has 0 aliphatic heterocycles. The fourth-order valence-electron chi connectivity index (χ4n) is 0.658. The Morgan fingerprint density at radius 2 is 1.93 bits per heavy atom. The maximum Gasteiger partial charge on any atom is 0.341 e. The molecule has 0 saturated heterocycles. The summed E-state index contributed by atoms with van der Waals surface area (Å²) in [6, 6.07) is 0. The van der Waals surface area contributed by atoms with Crippen molar-refractivity contribution in [3.63, 3.8) is 0 Å². The van der Waals surface area contributed by atoms with Crippen molar-refractivity contribution >= 4 is 18.0 Å². The molecule has 0 radical (unpaired) electrons. The van der Waals surface area contributed by atoms with Gasteiger partial charge in [-0.05, 0) is 18.5 Å². The van der Waals surface area contributed by atoms with E-state index in [1.165, 1.54) is 19.3 Å². The van der Waals surface area contributed by atoms with Crippen LogP contribution in [-0.4, -0.2) is 21.5 Å². The monoisotopic (exact) mass is 224 g/mol. The highest BCUT2D eigenvalue weighted by Crippen LogP contribution is 2.02. The van der Waals surface area contributed by atoms with Crippen LogP contribution in [0.1, 0.15) is 46.0 Å². The van der Waals surface area contributed by atoms with E-state index in [9.17, 15) is 4.79 Å². The summed E-state index contributed by atoms with van der Waals surface area (Å²) in [5.74, 6) is 0.301. The summed E-state index contributed by atoms with van der Waals surface area (Å²) in [4.78, 5) is 13.0. The number of hydrogen-bond donors (Lipinski definition) is 2. The van der Waals surface area contributed by atoms with Gasteiger partial charge in [-0.15, -0.1) is 0 Å². The van der Waals surface area contributed by atoms with Crippen molar-refractivity contribution in [2.75, 3.05) is 5.75 Å². The molecule has 0 amide bonds. The van der Waals surface area contributed by atoms with Crippen LogP contribution in [0, 0.1) is 0 Å². The van der Waals surface area contributed by atoms with Gasteiger partial charge in [-0.2, -0.15) is 5.26 Å². The number of carbonyl (C=O) groups is 1. The molecule has 0 saturated carbocycles. The molecule has 0 unspecified atom stereocenters. The average molecular weight is 224 g/mol. The third kappa shape index (κ3) is 17.7. The third-order valence-electron chi connectivity index (χ3n) is 1.48. The maximum absolute atomic E-state index is 9.71. The smallest absolute Gasteiger partial charge is 0.330 e. The molecule has 0 aromatic rings. The van der Waals surface area contributed by atoms with Gasteiger partial charge in [-0.1, -0.05) is 33.1 Å². The first kappa shape index (κ1) is 16.2. The number of unbranched alkanes of at least 4 members (excludes halogenated alkanes) is 3. The summed E-state index contributed by atoms with van der Waals surface area (Å²) in [7, 11) is 0. The van der Waals surface area contributed by atoms with Crippen LogP contribution in [0.5, 0.6) is 0 Å². The van der Waals surface area contributed by atoms with E-state index in [0.717, 1.165) is 24.2 Å². The van der Waals surface area contributed by atoms with Crippen LogP contribution in [0.4, 0.5) is 0 Å². The van der Waals surface area contributed by atoms with E-state index in [0.29, 0.717) is 0 Å². The normalized spacial score (nSPS) is 8.86. The lowest BCUT2D eigenvalue weighted by molar-refractivity contribution is -0.233. The van der Waals surface area contributed by atoms with Gasteiger partial charge >= 0.3 is 5.97 Å². The van der Waals surface area contributed by atoms with Crippen LogP contribution in [0.2, 0.25) is 0 Å². The zero-order chi connectivity index (χ0) is 11.2. The van der Waals surface area contributed by atoms with Gasteiger partial charge in [0, 0.05) is 12.2 Å². The Labute approximate surface area is 89.8 Å². The molecule has 0 rings (SSSR count). The zero-order valence-corrected chi connectivity index (χ0v) is 9.68. The van der Waals surface area contributed by atoms with E-state index in [1.807, 2.05) is 0 Å². The van der Waals surface area contributed by atoms with Gasteiger partial charge in [0.05, 0.1) is 0 Å². The standard InChI is InChI=1S/C6H14OS.C3H6O3/c1-2-3-4-5-6-8-7;1-2-3(4)6-5/h7H,2-6H2,1H3;5H,2H2,1H3. The molecule has 0 aliphatic rings. The fourth-order valence-corrected chi connectivity index (χ4v) is 0.991. The zero-order valence-electron chi connectivity index (χ0n) is 8.86. The van der Waals surface area contributed by atoms with Crippen LogP contribution >= 0.6 is 12.0 Å². The molecule has 5 heteroatoms. The molecule has 0 spiro atoms. The van der Waals surface area contributed by atoms with E-state index >= 15 is 0 Å². The minimum atomic E-state index is -0.602. The lowest BCUT2D eigenvalue weighted by Gasteiger charge is -1.92. The number of rotatable bonds is 6. The summed E-state index contributed by atoms with van der Waals surface area (Å²) in [6.07, 6.45) is 5.23. The van der Waals surface area contributed by atoms with E-state index in [1.54, 1.807) is 6.92 Å². The van der Waals surface area contributed by atoms with Crippen LogP contribution in [0.15, 0.2) is 0 Å². The van der Waals surface area contributed by atoms with Gasteiger partial charge < -0.3 is 9.44 Å². The van der Waals surface area contributed by atoms with Crippen molar-refractivity contribution in [2.45, 2.75) is 46.0 Å². The van der Waals surface area contributed by atoms with Gasteiger partial charge in [0.1, 0.15) is 0 Å². The van der Waals surface area contributed by atoms with Gasteiger partial charge in [-0.3, -0.25) is 0 Å². The molecule has 0 heterocycles. The Balaban J connectivity index is 0. The second-order valence-electron chi connectivity index (χ2n) is 2.71. The van der Waals surface area contributed by atoms with E-state index in [2.05, 4.69) is 11.8 Å². The van der Waals surface area contributed by atoms with Crippen LogP contribution in [0.3, 0.4) is 0 Å². The predicted molar refractivity (Wildman–Crippen MR) is 58.2 cm³/mol. The highest BCUT2D eigenvalue weighted by molar-refractivity contribution is 7.93. The Morgan fingerprint density at radius 1 is 1.29 bits per heavy atom. The quantitative estimate of drug-likeness (QED) is 0.314. The predicted octanol–water partition coefficient (Wildman–Crippen LogP) is 3.19. The van der Waals surface area contributed by atoms with Gasteiger partial charge in [0.25, 0.3) is 0 Å². The molecular weight excluding hydrogens is 204 g/mol. The van der Waals surface area contributed by atoms with Crippen molar-refractivity contribution in [3.05, 3.63) is 0 Å². The van der Waals surface area contributed by atoms with Crippen molar-refractivity contribution in [2.24, 2.45) is 0 Å². The second kappa shape index (κ2) is 15.2. The number of hydrogen-bond acceptors (Lipinski definition) is 5. The maximum atomic E-state index is 9.71. The molecule has 2 N–H and O–H groups in total. The lowest BCUT2D eigenvalue weighted by atomic mass is 10.2. The molecule has 14 heavy (non-hydrogen) atoms. The molecule has 0 aromatic heterocycles. The third-order valence-corrected chi connectivity index (χ3v) is 1.95. The van der Waals surface area contributed by atoms with Crippen LogP contribution < -0.4 is 0 Å². The largest absolute Gasteiger partial charge is 0.341 e. The Kier molecular flexibility index (Phi) is 17.6. The SMILES string of the molecule is CCC(=O)OO.CCCCCCSO. The summed E-state index contributed by atoms with van der Waals surface area (Å²) in [6.45, 7) is 3.78. The minimum absolute atomic E-state index is 0.219. The lowest BCUT2D eigenvalue weighted by Crippen LogP contribution is -1.95. The molecule has 4 nitrogen and oxygen atoms in total. The average Bonchev–Trinajstić information content (AvgIpc) is 2.24. The highest BCUT2D eigenvalue weighted by atomic mass is 32.2. The van der Waals surface area contributed by atoms with E-state index < -0.39 is 5.97 Å². The molecule has 0 aliphatic carbocycles. The first-order valence-electron chi connectivity index (χ1n) is 4.83. The molecule has 0 bridgehead atoms. The Bertz CT molecular complexity index is 107. The van der Waals surface area contributed by atoms with E-state index in [4.69, 9.17) is 9.81 Å². The van der Waals surface area contributed by atoms with E-state index in [-0.39, 0.29) is 6.42 Å². The molecule has 0 atom stereocenters. The van der Waals surface area contributed by atoms with Crippen molar-refractivity contribution < 1.29 is 19.5 Å². The Morgan fingerprint density at radius 3 is 2.21 bits per heavy atom. The fraction of sp³-hybridized carbons (Fsp3) is 0.889. The van der Waals surface area contributed by atoms with Crippen LogP contribution in [0.25, 0.3) is 0 Å². The topological polar surface area (TPSA) is 66.8 Å². The summed E-state index contributed by atoms with van der Waals surface area (Å²) < 4.78 is 8.28. The second-order valence-corrected chi connectivity index (χ2v) is 3.38. The number of carbonyl (C=O) groups excluding carboxylic acids is 1. The molecule has 0 fully saturated rings. The highest BCUT2D eigenvalue weighted by Gasteiger charge is 1.90. The minimum Gasteiger partial charge on any atom is -0.330 e. The molecular formula is C9H20O4S. The van der Waals surface area contributed by atoms with Crippen molar-refractivity contribution in [1.29, 1.82) is 0 Å².